The molecule has 0 radical (unpaired) electrons. The molecule has 0 fully saturated rings. The first-order chi connectivity index (χ1) is 14.5. The zero-order valence-electron chi connectivity index (χ0n) is 16.6. The zero-order chi connectivity index (χ0) is 21.7. The van der Waals surface area contributed by atoms with Crippen molar-refractivity contribution < 1.29 is 14.3 Å². The molecular formula is C20H20Cl2N4O3S. The Bertz CT molecular complexity index is 1060. The van der Waals surface area contributed by atoms with Crippen LogP contribution in [0.5, 0.6) is 11.5 Å². The van der Waals surface area contributed by atoms with Gasteiger partial charge in [-0.2, -0.15) is 0 Å². The highest BCUT2D eigenvalue weighted by Gasteiger charge is 2.17. The van der Waals surface area contributed by atoms with E-state index in [1.54, 1.807) is 32.4 Å². The minimum absolute atomic E-state index is 0.146. The molecule has 0 saturated carbocycles. The maximum atomic E-state index is 12.4. The van der Waals surface area contributed by atoms with Gasteiger partial charge >= 0.3 is 0 Å². The van der Waals surface area contributed by atoms with Crippen molar-refractivity contribution in [3.8, 4) is 22.9 Å². The first kappa shape index (κ1) is 22.3. The van der Waals surface area contributed by atoms with Crippen LogP contribution in [-0.2, 0) is 11.3 Å². The first-order valence-electron chi connectivity index (χ1n) is 9.00. The molecule has 7 nitrogen and oxygen atoms in total. The molecular weight excluding hydrogens is 447 g/mol. The second-order valence-corrected chi connectivity index (χ2v) is 7.87. The number of nitrogens with one attached hydrogen (secondary N) is 1. The van der Waals surface area contributed by atoms with Crippen LogP contribution in [-0.4, -0.2) is 40.6 Å². The highest BCUT2D eigenvalue weighted by atomic mass is 35.5. The van der Waals surface area contributed by atoms with E-state index in [2.05, 4.69) is 15.5 Å². The molecule has 1 N–H and O–H groups in total. The highest BCUT2D eigenvalue weighted by Crippen LogP contribution is 2.33. The number of rotatable bonds is 8. The van der Waals surface area contributed by atoms with E-state index in [0.717, 1.165) is 5.56 Å². The smallest absolute Gasteiger partial charge is 0.234 e. The Morgan fingerprint density at radius 3 is 2.57 bits per heavy atom. The number of hydrogen-bond donors (Lipinski definition) is 1. The molecule has 0 atom stereocenters. The number of nitrogens with zero attached hydrogens (tertiary/aromatic N) is 3. The van der Waals surface area contributed by atoms with Crippen LogP contribution in [0.2, 0.25) is 10.0 Å². The molecule has 10 heteroatoms. The lowest BCUT2D eigenvalue weighted by Crippen LogP contribution is -2.15. The lowest BCUT2D eigenvalue weighted by atomic mass is 10.2. The van der Waals surface area contributed by atoms with Crippen LogP contribution < -0.4 is 14.8 Å². The normalized spacial score (nSPS) is 10.7. The summed E-state index contributed by atoms with van der Waals surface area (Å²) in [6, 6.07) is 10.5. The third kappa shape index (κ3) is 5.00. The second-order valence-electron chi connectivity index (χ2n) is 6.08. The Balaban J connectivity index is 1.74. The van der Waals surface area contributed by atoms with Crippen molar-refractivity contribution in [2.75, 3.05) is 25.3 Å². The maximum Gasteiger partial charge on any atom is 0.234 e. The first-order valence-corrected chi connectivity index (χ1v) is 10.7. The van der Waals surface area contributed by atoms with Crippen LogP contribution in [0.4, 0.5) is 5.69 Å². The number of amides is 1. The minimum atomic E-state index is -0.220. The Morgan fingerprint density at radius 2 is 1.87 bits per heavy atom. The van der Waals surface area contributed by atoms with Gasteiger partial charge in [-0.25, -0.2) is 0 Å². The van der Waals surface area contributed by atoms with Crippen molar-refractivity contribution in [1.29, 1.82) is 0 Å². The average molecular weight is 467 g/mol. The van der Waals surface area contributed by atoms with Gasteiger partial charge in [-0.15, -0.1) is 10.2 Å². The number of ether oxygens (including phenoxy) is 2. The SMILES string of the molecule is CCn1c(SCC(=O)Nc2cc(Cl)ccc2Cl)nnc1-c1ccc(OC)c(OC)c1. The van der Waals surface area contributed by atoms with Gasteiger partial charge < -0.3 is 19.4 Å². The molecule has 3 aromatic rings. The molecule has 1 heterocycles. The lowest BCUT2D eigenvalue weighted by molar-refractivity contribution is -0.113. The number of carbonyl (C=O) groups is 1. The summed E-state index contributed by atoms with van der Waals surface area (Å²) in [5.74, 6) is 1.84. The minimum Gasteiger partial charge on any atom is -0.493 e. The van der Waals surface area contributed by atoms with Gasteiger partial charge in [0.1, 0.15) is 0 Å². The number of carbonyl (C=O) groups excluding carboxylic acids is 1. The number of aromatic nitrogens is 3. The number of methoxy groups -OCH3 is 2. The van der Waals surface area contributed by atoms with E-state index in [9.17, 15) is 4.79 Å². The monoisotopic (exact) mass is 466 g/mol. The summed E-state index contributed by atoms with van der Waals surface area (Å²) >= 11 is 13.3. The van der Waals surface area contributed by atoms with E-state index < -0.39 is 0 Å². The van der Waals surface area contributed by atoms with Crippen molar-refractivity contribution in [3.05, 3.63) is 46.4 Å². The van der Waals surface area contributed by atoms with Gasteiger partial charge in [0.2, 0.25) is 5.91 Å². The van der Waals surface area contributed by atoms with Crippen molar-refractivity contribution in [3.63, 3.8) is 0 Å². The third-order valence-electron chi connectivity index (χ3n) is 4.21. The van der Waals surface area contributed by atoms with Gasteiger partial charge in [0.05, 0.1) is 30.7 Å². The fourth-order valence-corrected chi connectivity index (χ4v) is 3.92. The van der Waals surface area contributed by atoms with Crippen LogP contribution in [0.1, 0.15) is 6.92 Å². The molecule has 0 spiro atoms. The molecule has 1 aromatic heterocycles. The van der Waals surface area contributed by atoms with Gasteiger partial charge in [0.25, 0.3) is 0 Å². The van der Waals surface area contributed by atoms with Crippen molar-refractivity contribution in [1.82, 2.24) is 14.8 Å². The molecule has 0 aliphatic carbocycles. The molecule has 0 unspecified atom stereocenters. The summed E-state index contributed by atoms with van der Waals surface area (Å²) in [5.41, 5.74) is 1.31. The van der Waals surface area contributed by atoms with E-state index in [-0.39, 0.29) is 11.7 Å². The topological polar surface area (TPSA) is 78.3 Å². The number of hydrogen-bond acceptors (Lipinski definition) is 6. The van der Waals surface area contributed by atoms with Crippen molar-refractivity contribution in [2.45, 2.75) is 18.6 Å². The van der Waals surface area contributed by atoms with E-state index in [4.69, 9.17) is 32.7 Å². The van der Waals surface area contributed by atoms with E-state index in [0.29, 0.717) is 44.8 Å². The number of benzene rings is 2. The van der Waals surface area contributed by atoms with Crippen LogP contribution in [0.3, 0.4) is 0 Å². The van der Waals surface area contributed by atoms with Gasteiger partial charge in [-0.05, 0) is 43.3 Å². The number of thioether (sulfide) groups is 1. The van der Waals surface area contributed by atoms with Gasteiger partial charge in [0, 0.05) is 17.1 Å². The predicted octanol–water partition coefficient (Wildman–Crippen LogP) is 5.02. The van der Waals surface area contributed by atoms with Gasteiger partial charge in [-0.1, -0.05) is 35.0 Å². The maximum absolute atomic E-state index is 12.4. The summed E-state index contributed by atoms with van der Waals surface area (Å²) in [6.07, 6.45) is 0. The van der Waals surface area contributed by atoms with E-state index in [1.165, 1.54) is 11.8 Å². The molecule has 2 aromatic carbocycles. The second kappa shape index (κ2) is 10.1. The van der Waals surface area contributed by atoms with Crippen LogP contribution in [0.25, 0.3) is 11.4 Å². The summed E-state index contributed by atoms with van der Waals surface area (Å²) in [7, 11) is 3.17. The fourth-order valence-electron chi connectivity index (χ4n) is 2.78. The van der Waals surface area contributed by atoms with Crippen LogP contribution in [0, 0.1) is 0 Å². The Morgan fingerprint density at radius 1 is 1.10 bits per heavy atom. The Kier molecular flexibility index (Phi) is 7.47. The lowest BCUT2D eigenvalue weighted by Gasteiger charge is -2.11. The molecule has 3 rings (SSSR count). The van der Waals surface area contributed by atoms with Gasteiger partial charge in [0.15, 0.2) is 22.5 Å². The average Bonchev–Trinajstić information content (AvgIpc) is 3.17. The van der Waals surface area contributed by atoms with Crippen LogP contribution >= 0.6 is 35.0 Å². The zero-order valence-corrected chi connectivity index (χ0v) is 18.9. The number of halogens is 2. The Hall–Kier alpha value is -2.42. The number of anilines is 1. The molecule has 0 aliphatic heterocycles. The summed E-state index contributed by atoms with van der Waals surface area (Å²) < 4.78 is 12.6. The van der Waals surface area contributed by atoms with Crippen molar-refractivity contribution in [2.24, 2.45) is 0 Å². The largest absolute Gasteiger partial charge is 0.493 e. The summed E-state index contributed by atoms with van der Waals surface area (Å²) in [6.45, 7) is 2.63. The van der Waals surface area contributed by atoms with Crippen molar-refractivity contribution >= 4 is 46.6 Å². The quantitative estimate of drug-likeness (QED) is 0.469. The molecule has 30 heavy (non-hydrogen) atoms. The molecule has 158 valence electrons. The fraction of sp³-hybridized carbons (Fsp3) is 0.250. The standard InChI is InChI=1S/C20H20Cl2N4O3S/c1-4-26-19(12-5-8-16(28-2)17(9-12)29-3)24-25-20(26)30-11-18(27)23-15-10-13(21)6-7-14(15)22/h5-10H,4,11H2,1-3H3,(H,23,27). The Labute approximate surface area is 188 Å². The predicted molar refractivity (Wildman–Crippen MR) is 120 cm³/mol. The molecule has 1 amide bonds. The van der Waals surface area contributed by atoms with Crippen LogP contribution in [0.15, 0.2) is 41.6 Å². The third-order valence-corrected chi connectivity index (χ3v) is 5.74. The molecule has 0 aliphatic rings. The van der Waals surface area contributed by atoms with Gasteiger partial charge in [-0.3, -0.25) is 4.79 Å². The van der Waals surface area contributed by atoms with E-state index in [1.807, 2.05) is 29.7 Å². The summed E-state index contributed by atoms with van der Waals surface area (Å²) in [4.78, 5) is 12.4. The van der Waals surface area contributed by atoms with E-state index >= 15 is 0 Å². The summed E-state index contributed by atoms with van der Waals surface area (Å²) in [5, 5.41) is 12.9. The highest BCUT2D eigenvalue weighted by molar-refractivity contribution is 7.99. The molecule has 0 bridgehead atoms. The molecule has 0 saturated heterocycles.